The van der Waals surface area contributed by atoms with E-state index < -0.39 is 5.92 Å². The number of hydrogen-bond acceptors (Lipinski definition) is 5. The van der Waals surface area contributed by atoms with Crippen LogP contribution in [0, 0.1) is 0 Å². The largest absolute Gasteiger partial charge is 0.338 e. The van der Waals surface area contributed by atoms with Crippen LogP contribution in [0.2, 0.25) is 0 Å². The van der Waals surface area contributed by atoms with Gasteiger partial charge in [0, 0.05) is 49.6 Å². The summed E-state index contributed by atoms with van der Waals surface area (Å²) in [6, 6.07) is 7.41. The lowest BCUT2D eigenvalue weighted by Gasteiger charge is -2.31. The Morgan fingerprint density at radius 3 is 2.64 bits per heavy atom. The zero-order valence-electron chi connectivity index (χ0n) is 17.7. The average Bonchev–Trinajstić information content (AvgIpc) is 3.40. The van der Waals surface area contributed by atoms with Gasteiger partial charge in [-0.15, -0.1) is 0 Å². The van der Waals surface area contributed by atoms with E-state index in [1.54, 1.807) is 12.3 Å². The summed E-state index contributed by atoms with van der Waals surface area (Å²) in [4.78, 5) is 27.8. The van der Waals surface area contributed by atoms with Gasteiger partial charge in [0.2, 0.25) is 0 Å². The van der Waals surface area contributed by atoms with Crippen LogP contribution in [0.3, 0.4) is 0 Å². The smallest absolute Gasteiger partial charge is 0.255 e. The van der Waals surface area contributed by atoms with Gasteiger partial charge in [-0.05, 0) is 37.1 Å². The molecule has 6 rings (SSSR count). The van der Waals surface area contributed by atoms with E-state index in [9.17, 15) is 13.6 Å². The Hall–Kier alpha value is -3.69. The SMILES string of the molecule is O=C(c1cnc2c(ccn2-c2ccc(-c3n[nH]c(C4CC4)n3)nc2)c1)N1CCC(F)(F)CC1. The van der Waals surface area contributed by atoms with Crippen LogP contribution in [0.5, 0.6) is 0 Å². The van der Waals surface area contributed by atoms with Crippen molar-refractivity contribution in [2.45, 2.75) is 37.5 Å². The molecule has 0 spiro atoms. The number of alkyl halides is 2. The molecule has 0 unspecified atom stereocenters. The summed E-state index contributed by atoms with van der Waals surface area (Å²) >= 11 is 0. The molecule has 0 atom stereocenters. The number of amides is 1. The van der Waals surface area contributed by atoms with Gasteiger partial charge in [0.05, 0.1) is 17.4 Å². The van der Waals surface area contributed by atoms with Crippen molar-refractivity contribution in [2.75, 3.05) is 13.1 Å². The van der Waals surface area contributed by atoms with Crippen molar-refractivity contribution in [3.63, 3.8) is 0 Å². The number of aromatic nitrogens is 6. The maximum atomic E-state index is 13.4. The highest BCUT2D eigenvalue weighted by molar-refractivity contribution is 5.97. The number of piperidine rings is 1. The summed E-state index contributed by atoms with van der Waals surface area (Å²) < 4.78 is 28.7. The molecule has 4 aromatic heterocycles. The lowest BCUT2D eigenvalue weighted by Crippen LogP contribution is -2.42. The Bertz CT molecular complexity index is 1330. The molecule has 0 radical (unpaired) electrons. The molecule has 4 aromatic rings. The Kier molecular flexibility index (Phi) is 4.49. The van der Waals surface area contributed by atoms with Crippen LogP contribution in [-0.2, 0) is 0 Å². The molecule has 5 heterocycles. The van der Waals surface area contributed by atoms with Crippen molar-refractivity contribution < 1.29 is 13.6 Å². The number of carbonyl (C=O) groups excluding carboxylic acids is 1. The summed E-state index contributed by atoms with van der Waals surface area (Å²) in [6.45, 7) is 0.103. The second-order valence-corrected chi connectivity index (χ2v) is 8.69. The Balaban J connectivity index is 1.22. The van der Waals surface area contributed by atoms with E-state index in [-0.39, 0.29) is 31.8 Å². The van der Waals surface area contributed by atoms with Crippen LogP contribution in [0.25, 0.3) is 28.2 Å². The van der Waals surface area contributed by atoms with E-state index in [1.165, 1.54) is 11.1 Å². The van der Waals surface area contributed by atoms with Gasteiger partial charge in [-0.2, -0.15) is 5.10 Å². The summed E-state index contributed by atoms with van der Waals surface area (Å²) in [5.74, 6) is -0.962. The highest BCUT2D eigenvalue weighted by Gasteiger charge is 2.36. The number of halogens is 2. The number of nitrogens with zero attached hydrogens (tertiary/aromatic N) is 6. The third-order valence-electron chi connectivity index (χ3n) is 6.28. The van der Waals surface area contributed by atoms with Gasteiger partial charge in [-0.25, -0.2) is 18.7 Å². The first-order valence-corrected chi connectivity index (χ1v) is 11.0. The fourth-order valence-electron chi connectivity index (χ4n) is 4.16. The summed E-state index contributed by atoms with van der Waals surface area (Å²) in [7, 11) is 0. The van der Waals surface area contributed by atoms with Gasteiger partial charge in [0.1, 0.15) is 17.2 Å². The first-order chi connectivity index (χ1) is 16.0. The van der Waals surface area contributed by atoms with Crippen molar-refractivity contribution in [3.8, 4) is 17.2 Å². The van der Waals surface area contributed by atoms with Gasteiger partial charge in [-0.3, -0.25) is 19.4 Å². The first-order valence-electron chi connectivity index (χ1n) is 11.0. The van der Waals surface area contributed by atoms with E-state index in [4.69, 9.17) is 0 Å². The average molecular weight is 449 g/mol. The van der Waals surface area contributed by atoms with E-state index in [2.05, 4.69) is 25.1 Å². The lowest BCUT2D eigenvalue weighted by atomic mass is 10.1. The minimum Gasteiger partial charge on any atom is -0.338 e. The summed E-state index contributed by atoms with van der Waals surface area (Å²) in [6.07, 6.45) is 6.79. The van der Waals surface area contributed by atoms with Crippen molar-refractivity contribution in [1.29, 1.82) is 0 Å². The molecule has 0 aromatic carbocycles. The third kappa shape index (κ3) is 3.75. The van der Waals surface area contributed by atoms with Crippen LogP contribution in [0.4, 0.5) is 8.78 Å². The molecule has 8 nitrogen and oxygen atoms in total. The van der Waals surface area contributed by atoms with Crippen LogP contribution < -0.4 is 0 Å². The maximum absolute atomic E-state index is 13.4. The summed E-state index contributed by atoms with van der Waals surface area (Å²) in [5, 5.41) is 8.04. The molecule has 1 saturated heterocycles. The number of aromatic amines is 1. The molecule has 168 valence electrons. The standard InChI is InChI=1S/C23H21F2N7O/c24-23(25)6-9-31(10-7-23)22(33)16-11-15-5-8-32(21(15)27-12-16)17-3-4-18(26-13-17)20-28-19(29-30-20)14-1-2-14/h3-5,8,11-14H,1-2,6-7,9-10H2,(H,28,29,30). The Morgan fingerprint density at radius 2 is 1.91 bits per heavy atom. The second-order valence-electron chi connectivity index (χ2n) is 8.69. The van der Waals surface area contributed by atoms with Crippen LogP contribution >= 0.6 is 0 Å². The zero-order valence-corrected chi connectivity index (χ0v) is 17.7. The fraction of sp³-hybridized carbons (Fsp3) is 0.348. The predicted octanol–water partition coefficient (Wildman–Crippen LogP) is 3.95. The number of carbonyl (C=O) groups is 1. The molecule has 1 saturated carbocycles. The van der Waals surface area contributed by atoms with Gasteiger partial charge < -0.3 is 4.90 Å². The van der Waals surface area contributed by atoms with Crippen molar-refractivity contribution in [1.82, 2.24) is 34.6 Å². The van der Waals surface area contributed by atoms with Crippen LogP contribution in [-0.4, -0.2) is 59.5 Å². The number of fused-ring (bicyclic) bond motifs is 1. The first kappa shape index (κ1) is 20.0. The second kappa shape index (κ2) is 7.43. The van der Waals surface area contributed by atoms with Crippen molar-refractivity contribution >= 4 is 16.9 Å². The highest BCUT2D eigenvalue weighted by atomic mass is 19.3. The van der Waals surface area contributed by atoms with Gasteiger partial charge in [0.25, 0.3) is 11.8 Å². The van der Waals surface area contributed by atoms with Crippen LogP contribution in [0.1, 0.15) is 47.8 Å². The lowest BCUT2D eigenvalue weighted by molar-refractivity contribution is -0.0494. The topological polar surface area (TPSA) is 92.6 Å². The molecule has 2 aliphatic rings. The van der Waals surface area contributed by atoms with Crippen molar-refractivity contribution in [3.05, 3.63) is 54.2 Å². The Morgan fingerprint density at radius 1 is 1.09 bits per heavy atom. The number of pyridine rings is 2. The maximum Gasteiger partial charge on any atom is 0.255 e. The molecule has 33 heavy (non-hydrogen) atoms. The zero-order chi connectivity index (χ0) is 22.6. The quantitative estimate of drug-likeness (QED) is 0.509. The predicted molar refractivity (Wildman–Crippen MR) is 116 cm³/mol. The minimum atomic E-state index is -2.69. The van der Waals surface area contributed by atoms with E-state index in [0.29, 0.717) is 28.6 Å². The highest BCUT2D eigenvalue weighted by Crippen LogP contribution is 2.38. The minimum absolute atomic E-state index is 0.0515. The van der Waals surface area contributed by atoms with Gasteiger partial charge in [-0.1, -0.05) is 0 Å². The number of nitrogens with one attached hydrogen (secondary N) is 1. The molecular formula is C23H21F2N7O. The number of rotatable bonds is 4. The van der Waals surface area contributed by atoms with Crippen molar-refractivity contribution in [2.24, 2.45) is 0 Å². The number of H-pyrrole nitrogens is 1. The summed E-state index contributed by atoms with van der Waals surface area (Å²) in [5.41, 5.74) is 2.58. The normalized spacial score (nSPS) is 18.1. The third-order valence-corrected chi connectivity index (χ3v) is 6.28. The molecule has 0 bridgehead atoms. The molecule has 1 aliphatic heterocycles. The van der Waals surface area contributed by atoms with E-state index in [1.807, 2.05) is 29.0 Å². The van der Waals surface area contributed by atoms with Gasteiger partial charge >= 0.3 is 0 Å². The molecule has 2 fully saturated rings. The Labute approximate surface area is 187 Å². The van der Waals surface area contributed by atoms with Crippen LogP contribution in [0.15, 0.2) is 42.9 Å². The van der Waals surface area contributed by atoms with E-state index in [0.717, 1.165) is 29.7 Å². The molecule has 1 amide bonds. The number of hydrogen-bond donors (Lipinski definition) is 1. The molecular weight excluding hydrogens is 428 g/mol. The van der Waals surface area contributed by atoms with Gasteiger partial charge in [0.15, 0.2) is 5.82 Å². The molecule has 1 aliphatic carbocycles. The monoisotopic (exact) mass is 449 g/mol. The molecule has 10 heteroatoms. The number of likely N-dealkylation sites (tertiary alicyclic amines) is 1. The van der Waals surface area contributed by atoms with E-state index >= 15 is 0 Å². The fourth-order valence-corrected chi connectivity index (χ4v) is 4.16. The molecule has 1 N–H and O–H groups in total.